The lowest BCUT2D eigenvalue weighted by molar-refractivity contribution is 0.519. The van der Waals surface area contributed by atoms with E-state index in [2.05, 4.69) is 22.1 Å². The van der Waals surface area contributed by atoms with Gasteiger partial charge in [0.25, 0.3) is 5.56 Å². The van der Waals surface area contributed by atoms with E-state index in [0.29, 0.717) is 23.3 Å². The Kier molecular flexibility index (Phi) is 5.50. The standard InChI is InChI=1S/C19H19N3OS2/c1-13-20-17-9-8-15(10-16(17)18(23)21-13)11-22(2)19(24)25-12-14-6-4-3-5-7-14/h3-10H,11-12H2,1-2H3,(H,20,21,23). The maximum atomic E-state index is 12.1. The molecule has 0 radical (unpaired) electrons. The van der Waals surface area contributed by atoms with Crippen LogP contribution in [0, 0.1) is 6.92 Å². The van der Waals surface area contributed by atoms with E-state index in [1.54, 1.807) is 18.7 Å². The first kappa shape index (κ1) is 17.6. The van der Waals surface area contributed by atoms with Crippen LogP contribution >= 0.6 is 24.0 Å². The molecule has 0 unspecified atom stereocenters. The smallest absolute Gasteiger partial charge is 0.258 e. The number of H-pyrrole nitrogens is 1. The molecule has 25 heavy (non-hydrogen) atoms. The Labute approximate surface area is 156 Å². The van der Waals surface area contributed by atoms with Gasteiger partial charge in [-0.15, -0.1) is 0 Å². The van der Waals surface area contributed by atoms with Crippen molar-refractivity contribution >= 4 is 39.2 Å². The number of rotatable bonds is 4. The minimum absolute atomic E-state index is 0.104. The van der Waals surface area contributed by atoms with E-state index in [-0.39, 0.29) is 5.56 Å². The number of hydrogen-bond donors (Lipinski definition) is 1. The highest BCUT2D eigenvalue weighted by atomic mass is 32.2. The number of thioether (sulfide) groups is 1. The van der Waals surface area contributed by atoms with Crippen molar-refractivity contribution in [2.45, 2.75) is 19.2 Å². The molecule has 0 aliphatic rings. The number of nitrogens with one attached hydrogen (secondary N) is 1. The van der Waals surface area contributed by atoms with E-state index < -0.39 is 0 Å². The van der Waals surface area contributed by atoms with Crippen molar-refractivity contribution in [2.75, 3.05) is 7.05 Å². The van der Waals surface area contributed by atoms with Crippen LogP contribution in [-0.2, 0) is 12.3 Å². The first-order valence-corrected chi connectivity index (χ1v) is 9.33. The summed E-state index contributed by atoms with van der Waals surface area (Å²) in [4.78, 5) is 21.2. The molecule has 3 rings (SSSR count). The number of fused-ring (bicyclic) bond motifs is 1. The highest BCUT2D eigenvalue weighted by Crippen LogP contribution is 2.18. The largest absolute Gasteiger partial charge is 0.356 e. The fourth-order valence-corrected chi connectivity index (χ4v) is 3.58. The summed E-state index contributed by atoms with van der Waals surface area (Å²) in [6.07, 6.45) is 0. The molecule has 0 saturated carbocycles. The average Bonchev–Trinajstić information content (AvgIpc) is 2.61. The molecule has 3 aromatic rings. The van der Waals surface area contributed by atoms with E-state index in [4.69, 9.17) is 12.2 Å². The SMILES string of the molecule is Cc1nc2ccc(CN(C)C(=S)SCc3ccccc3)cc2c(=O)[nH]1. The molecule has 0 bridgehead atoms. The first-order chi connectivity index (χ1) is 12.0. The Hall–Kier alpha value is -2.18. The maximum absolute atomic E-state index is 12.1. The van der Waals surface area contributed by atoms with Crippen LogP contribution in [0.1, 0.15) is 17.0 Å². The van der Waals surface area contributed by atoms with E-state index in [9.17, 15) is 4.79 Å². The number of aryl methyl sites for hydroxylation is 1. The first-order valence-electron chi connectivity index (χ1n) is 7.94. The number of hydrogen-bond acceptors (Lipinski definition) is 4. The molecule has 1 aromatic heterocycles. The lowest BCUT2D eigenvalue weighted by atomic mass is 10.1. The van der Waals surface area contributed by atoms with Gasteiger partial charge in [0, 0.05) is 19.3 Å². The average molecular weight is 370 g/mol. The highest BCUT2D eigenvalue weighted by Gasteiger charge is 2.09. The third kappa shape index (κ3) is 4.46. The van der Waals surface area contributed by atoms with Crippen molar-refractivity contribution < 1.29 is 0 Å². The van der Waals surface area contributed by atoms with E-state index >= 15 is 0 Å². The fourth-order valence-electron chi connectivity index (χ4n) is 2.57. The molecule has 0 atom stereocenters. The van der Waals surface area contributed by atoms with Gasteiger partial charge in [0.2, 0.25) is 0 Å². The minimum atomic E-state index is -0.104. The van der Waals surface area contributed by atoms with Crippen LogP contribution in [-0.4, -0.2) is 26.2 Å². The van der Waals surface area contributed by atoms with Crippen molar-refractivity contribution in [1.29, 1.82) is 0 Å². The summed E-state index contributed by atoms with van der Waals surface area (Å²) >= 11 is 7.17. The Morgan fingerprint density at radius 3 is 2.72 bits per heavy atom. The summed E-state index contributed by atoms with van der Waals surface area (Å²) in [6, 6.07) is 16.0. The van der Waals surface area contributed by atoms with Gasteiger partial charge in [-0.1, -0.05) is 60.4 Å². The molecule has 0 amide bonds. The van der Waals surface area contributed by atoms with Crippen molar-refractivity contribution in [3.05, 3.63) is 75.8 Å². The van der Waals surface area contributed by atoms with Crippen LogP contribution in [0.3, 0.4) is 0 Å². The van der Waals surface area contributed by atoms with Gasteiger partial charge in [0.1, 0.15) is 10.1 Å². The molecular formula is C19H19N3OS2. The quantitative estimate of drug-likeness (QED) is 0.707. The van der Waals surface area contributed by atoms with Gasteiger partial charge >= 0.3 is 0 Å². The number of benzene rings is 2. The normalized spacial score (nSPS) is 10.8. The number of aromatic nitrogens is 2. The summed E-state index contributed by atoms with van der Waals surface area (Å²) in [6.45, 7) is 2.44. The summed E-state index contributed by atoms with van der Waals surface area (Å²) in [5, 5.41) is 0.611. The van der Waals surface area contributed by atoms with Crippen LogP contribution in [0.25, 0.3) is 10.9 Å². The van der Waals surface area contributed by atoms with Crippen molar-refractivity contribution in [1.82, 2.24) is 14.9 Å². The third-order valence-corrected chi connectivity index (χ3v) is 5.53. The number of thiocarbonyl (C=S) groups is 1. The Bertz CT molecular complexity index is 954. The zero-order chi connectivity index (χ0) is 17.8. The monoisotopic (exact) mass is 369 g/mol. The molecule has 0 saturated heterocycles. The van der Waals surface area contributed by atoms with Crippen molar-refractivity contribution in [3.63, 3.8) is 0 Å². The number of nitrogens with zero attached hydrogens (tertiary/aromatic N) is 2. The Balaban J connectivity index is 1.68. The second-order valence-electron chi connectivity index (χ2n) is 5.90. The Morgan fingerprint density at radius 2 is 1.96 bits per heavy atom. The third-order valence-electron chi connectivity index (χ3n) is 3.82. The molecule has 0 spiro atoms. The molecular weight excluding hydrogens is 350 g/mol. The molecule has 0 aliphatic heterocycles. The molecule has 6 heteroatoms. The highest BCUT2D eigenvalue weighted by molar-refractivity contribution is 8.22. The topological polar surface area (TPSA) is 49.0 Å². The van der Waals surface area contributed by atoms with Gasteiger partial charge in [0.15, 0.2) is 0 Å². The summed E-state index contributed by atoms with van der Waals surface area (Å²) in [5.41, 5.74) is 2.90. The Morgan fingerprint density at radius 1 is 1.20 bits per heavy atom. The van der Waals surface area contributed by atoms with E-state index in [1.165, 1.54) is 5.56 Å². The van der Waals surface area contributed by atoms with Gasteiger partial charge in [-0.3, -0.25) is 4.79 Å². The second-order valence-corrected chi connectivity index (χ2v) is 7.51. The van der Waals surface area contributed by atoms with Crippen LogP contribution in [0.2, 0.25) is 0 Å². The molecule has 2 aromatic carbocycles. The molecule has 1 N–H and O–H groups in total. The summed E-state index contributed by atoms with van der Waals surface area (Å²) < 4.78 is 0.833. The summed E-state index contributed by atoms with van der Waals surface area (Å²) in [7, 11) is 1.97. The van der Waals surface area contributed by atoms with Crippen LogP contribution in [0.5, 0.6) is 0 Å². The van der Waals surface area contributed by atoms with Gasteiger partial charge < -0.3 is 9.88 Å². The van der Waals surface area contributed by atoms with E-state index in [1.807, 2.05) is 48.3 Å². The maximum Gasteiger partial charge on any atom is 0.258 e. The van der Waals surface area contributed by atoms with Gasteiger partial charge in [-0.25, -0.2) is 4.98 Å². The number of aromatic amines is 1. The lowest BCUT2D eigenvalue weighted by Gasteiger charge is -2.19. The van der Waals surface area contributed by atoms with Gasteiger partial charge in [-0.05, 0) is 30.2 Å². The van der Waals surface area contributed by atoms with Crippen LogP contribution in [0.4, 0.5) is 0 Å². The van der Waals surface area contributed by atoms with Crippen molar-refractivity contribution in [2.24, 2.45) is 0 Å². The zero-order valence-electron chi connectivity index (χ0n) is 14.2. The predicted octanol–water partition coefficient (Wildman–Crippen LogP) is 3.88. The molecule has 4 nitrogen and oxygen atoms in total. The van der Waals surface area contributed by atoms with E-state index in [0.717, 1.165) is 15.6 Å². The summed E-state index contributed by atoms with van der Waals surface area (Å²) in [5.74, 6) is 1.48. The molecule has 0 fully saturated rings. The van der Waals surface area contributed by atoms with Crippen molar-refractivity contribution in [3.8, 4) is 0 Å². The lowest BCUT2D eigenvalue weighted by Crippen LogP contribution is -2.22. The molecule has 0 aliphatic carbocycles. The second kappa shape index (κ2) is 7.80. The molecule has 128 valence electrons. The zero-order valence-corrected chi connectivity index (χ0v) is 15.8. The van der Waals surface area contributed by atoms with Crippen LogP contribution in [0.15, 0.2) is 53.3 Å². The fraction of sp³-hybridized carbons (Fsp3) is 0.211. The minimum Gasteiger partial charge on any atom is -0.356 e. The van der Waals surface area contributed by atoms with Crippen LogP contribution < -0.4 is 5.56 Å². The van der Waals surface area contributed by atoms with Gasteiger partial charge in [0.05, 0.1) is 10.9 Å². The molecule has 1 heterocycles. The van der Waals surface area contributed by atoms with Gasteiger partial charge in [-0.2, -0.15) is 0 Å². The predicted molar refractivity (Wildman–Crippen MR) is 109 cm³/mol.